The Kier molecular flexibility index (Phi) is 7.39. The molecule has 1 rings (SSSR count). The van der Waals surface area contributed by atoms with Crippen molar-refractivity contribution in [2.75, 3.05) is 6.61 Å². The molecular formula is C9H7BF7KO. The first kappa shape index (κ1) is 19.2. The van der Waals surface area contributed by atoms with Gasteiger partial charge in [-0.3, -0.25) is 0 Å². The van der Waals surface area contributed by atoms with Gasteiger partial charge in [-0.1, -0.05) is 6.07 Å². The SMILES string of the molecule is Fc1ccc([B-](F)(F)F)cc1OCCC(F)(F)F.[K+]. The summed E-state index contributed by atoms with van der Waals surface area (Å²) in [6, 6.07) is 1.37. The van der Waals surface area contributed by atoms with Crippen molar-refractivity contribution in [3.8, 4) is 5.75 Å². The summed E-state index contributed by atoms with van der Waals surface area (Å²) in [7, 11) is 0. The summed E-state index contributed by atoms with van der Waals surface area (Å²) in [4.78, 5) is 0. The number of alkyl halides is 3. The molecule has 0 fully saturated rings. The molecule has 0 heterocycles. The van der Waals surface area contributed by atoms with Crippen LogP contribution in [0.15, 0.2) is 18.2 Å². The van der Waals surface area contributed by atoms with Crippen molar-refractivity contribution in [1.29, 1.82) is 0 Å². The molecule has 10 heteroatoms. The molecule has 0 bridgehead atoms. The van der Waals surface area contributed by atoms with Crippen LogP contribution in [0, 0.1) is 5.82 Å². The van der Waals surface area contributed by atoms with Gasteiger partial charge < -0.3 is 17.7 Å². The van der Waals surface area contributed by atoms with Crippen LogP contribution in [0.5, 0.6) is 5.75 Å². The third-order valence-corrected chi connectivity index (χ3v) is 1.98. The second-order valence-corrected chi connectivity index (χ2v) is 3.48. The predicted octanol–water partition coefficient (Wildman–Crippen LogP) is 0.215. The topological polar surface area (TPSA) is 9.23 Å². The molecule has 0 saturated carbocycles. The van der Waals surface area contributed by atoms with E-state index in [9.17, 15) is 30.5 Å². The van der Waals surface area contributed by atoms with Gasteiger partial charge in [0.25, 0.3) is 0 Å². The van der Waals surface area contributed by atoms with Crippen LogP contribution in [0.25, 0.3) is 0 Å². The van der Waals surface area contributed by atoms with Crippen molar-refractivity contribution in [3.05, 3.63) is 24.0 Å². The fraction of sp³-hybridized carbons (Fsp3) is 0.333. The Hall–Kier alpha value is 0.231. The van der Waals surface area contributed by atoms with Crippen molar-refractivity contribution in [1.82, 2.24) is 0 Å². The minimum Gasteiger partial charge on any atom is -0.490 e. The van der Waals surface area contributed by atoms with E-state index in [4.69, 9.17) is 0 Å². The molecular weight excluding hydrogens is 307 g/mol. The summed E-state index contributed by atoms with van der Waals surface area (Å²) in [5, 5.41) is 0. The van der Waals surface area contributed by atoms with Crippen LogP contribution in [0.3, 0.4) is 0 Å². The largest absolute Gasteiger partial charge is 1.00 e. The molecule has 1 nitrogen and oxygen atoms in total. The van der Waals surface area contributed by atoms with Crippen molar-refractivity contribution in [3.63, 3.8) is 0 Å². The number of benzene rings is 1. The zero-order valence-corrected chi connectivity index (χ0v) is 12.9. The van der Waals surface area contributed by atoms with Crippen LogP contribution in [-0.4, -0.2) is 19.8 Å². The molecule has 0 radical (unpaired) electrons. The summed E-state index contributed by atoms with van der Waals surface area (Å²) in [5.41, 5.74) is -1.13. The number of hydrogen-bond donors (Lipinski definition) is 0. The van der Waals surface area contributed by atoms with Crippen LogP contribution in [0.1, 0.15) is 6.42 Å². The first-order chi connectivity index (χ1) is 8.09. The average Bonchev–Trinajstić information content (AvgIpc) is 2.17. The first-order valence-electron chi connectivity index (χ1n) is 4.78. The molecule has 0 unspecified atom stereocenters. The van der Waals surface area contributed by atoms with Crippen molar-refractivity contribution in [2.45, 2.75) is 12.6 Å². The Morgan fingerprint density at radius 1 is 1.11 bits per heavy atom. The number of rotatable bonds is 4. The average molecular weight is 314 g/mol. The molecule has 0 amide bonds. The van der Waals surface area contributed by atoms with Crippen LogP contribution in [0.4, 0.5) is 30.5 Å². The number of halogens is 7. The van der Waals surface area contributed by atoms with E-state index in [-0.39, 0.29) is 51.4 Å². The normalized spacial score (nSPS) is 11.9. The second-order valence-electron chi connectivity index (χ2n) is 3.48. The first-order valence-corrected chi connectivity index (χ1v) is 4.78. The van der Waals surface area contributed by atoms with Gasteiger partial charge in [0.1, 0.15) is 0 Å². The van der Waals surface area contributed by atoms with Gasteiger partial charge in [-0.15, -0.1) is 5.46 Å². The third kappa shape index (κ3) is 6.98. The molecule has 0 atom stereocenters. The van der Waals surface area contributed by atoms with Crippen LogP contribution >= 0.6 is 0 Å². The van der Waals surface area contributed by atoms with Crippen LogP contribution < -0.4 is 61.6 Å². The van der Waals surface area contributed by atoms with E-state index in [1.165, 1.54) is 0 Å². The monoisotopic (exact) mass is 314 g/mol. The summed E-state index contributed by atoms with van der Waals surface area (Å²) >= 11 is 0. The molecule has 0 aliphatic heterocycles. The summed E-state index contributed by atoms with van der Waals surface area (Å²) in [5.74, 6) is -1.98. The molecule has 0 N–H and O–H groups in total. The Morgan fingerprint density at radius 2 is 1.68 bits per heavy atom. The second kappa shape index (κ2) is 7.30. The van der Waals surface area contributed by atoms with E-state index in [1.807, 2.05) is 0 Å². The minimum absolute atomic E-state index is 0. The predicted molar refractivity (Wildman–Crippen MR) is 51.3 cm³/mol. The van der Waals surface area contributed by atoms with Crippen LogP contribution in [-0.2, 0) is 0 Å². The van der Waals surface area contributed by atoms with E-state index in [1.54, 1.807) is 0 Å². The van der Waals surface area contributed by atoms with Gasteiger partial charge in [0.15, 0.2) is 11.6 Å². The Bertz CT molecular complexity index is 418. The van der Waals surface area contributed by atoms with Gasteiger partial charge in [-0.25, -0.2) is 4.39 Å². The zero-order chi connectivity index (χ0) is 14.0. The van der Waals surface area contributed by atoms with Crippen molar-refractivity contribution >= 4 is 12.4 Å². The molecule has 102 valence electrons. The molecule has 1 aromatic carbocycles. The Morgan fingerprint density at radius 3 is 2.16 bits per heavy atom. The maximum absolute atomic E-state index is 13.0. The van der Waals surface area contributed by atoms with E-state index < -0.39 is 43.2 Å². The van der Waals surface area contributed by atoms with E-state index in [0.717, 1.165) is 0 Å². The van der Waals surface area contributed by atoms with E-state index >= 15 is 0 Å². The molecule has 0 aliphatic carbocycles. The van der Waals surface area contributed by atoms with Gasteiger partial charge in [0.05, 0.1) is 13.0 Å². The van der Waals surface area contributed by atoms with E-state index in [0.29, 0.717) is 18.2 Å². The molecule has 19 heavy (non-hydrogen) atoms. The fourth-order valence-corrected chi connectivity index (χ4v) is 1.11. The Labute approximate surface area is 147 Å². The summed E-state index contributed by atoms with van der Waals surface area (Å²) in [6.45, 7) is -6.29. The molecule has 0 aliphatic rings. The number of hydrogen-bond acceptors (Lipinski definition) is 1. The van der Waals surface area contributed by atoms with Crippen molar-refractivity contribution < 1.29 is 86.6 Å². The van der Waals surface area contributed by atoms with Crippen molar-refractivity contribution in [2.24, 2.45) is 0 Å². The minimum atomic E-state index is -5.35. The molecule has 0 aromatic heterocycles. The quantitative estimate of drug-likeness (QED) is 0.571. The maximum atomic E-state index is 13.0. The smallest absolute Gasteiger partial charge is 0.490 e. The van der Waals surface area contributed by atoms with Gasteiger partial charge in [0, 0.05) is 0 Å². The zero-order valence-electron chi connectivity index (χ0n) is 9.78. The molecule has 0 saturated heterocycles. The molecule has 1 aromatic rings. The molecule has 0 spiro atoms. The standard InChI is InChI=1S/C9H7BF7O.K/c11-7-2-1-6(10(15,16)17)5-8(7)18-4-3-9(12,13)14;/h1-2,5H,3-4H2;/q-1;+1. The number of ether oxygens (including phenoxy) is 1. The Balaban J connectivity index is 0.00000324. The summed E-state index contributed by atoms with van der Waals surface area (Å²) in [6.07, 6.45) is -5.88. The maximum Gasteiger partial charge on any atom is 1.00 e. The van der Waals surface area contributed by atoms with Gasteiger partial charge in [-0.05, 0) is 12.1 Å². The third-order valence-electron chi connectivity index (χ3n) is 1.98. The van der Waals surface area contributed by atoms with Gasteiger partial charge in [0.2, 0.25) is 0 Å². The fourth-order valence-electron chi connectivity index (χ4n) is 1.11. The summed E-state index contributed by atoms with van der Waals surface area (Å²) < 4.78 is 89.7. The van der Waals surface area contributed by atoms with Gasteiger partial charge >= 0.3 is 64.5 Å². The van der Waals surface area contributed by atoms with Crippen LogP contribution in [0.2, 0.25) is 0 Å². The van der Waals surface area contributed by atoms with E-state index in [2.05, 4.69) is 4.74 Å². The van der Waals surface area contributed by atoms with Gasteiger partial charge in [-0.2, -0.15) is 13.2 Å².